The SMILES string of the molecule is C/C=C/[C@@H]1O[C@@](C)(OC)[C@](C)(OC)O[C@H]1/C=C/c1cccc(O)c1C=O. The molecule has 1 saturated heterocycles. The number of phenols is 1. The van der Waals surface area contributed by atoms with E-state index in [0.717, 1.165) is 0 Å². The summed E-state index contributed by atoms with van der Waals surface area (Å²) >= 11 is 0. The number of carbonyl (C=O) groups is 1. The zero-order valence-corrected chi connectivity index (χ0v) is 15.8. The first kappa shape index (κ1) is 20.3. The van der Waals surface area contributed by atoms with Crippen molar-refractivity contribution in [1.82, 2.24) is 0 Å². The van der Waals surface area contributed by atoms with Gasteiger partial charge in [-0.1, -0.05) is 36.4 Å². The molecule has 6 nitrogen and oxygen atoms in total. The Morgan fingerprint density at radius 1 is 1.08 bits per heavy atom. The molecule has 0 aliphatic carbocycles. The summed E-state index contributed by atoms with van der Waals surface area (Å²) in [7, 11) is 3.06. The number of methoxy groups -OCH3 is 2. The second-order valence-electron chi connectivity index (χ2n) is 6.25. The van der Waals surface area contributed by atoms with Crippen LogP contribution in [0.2, 0.25) is 0 Å². The van der Waals surface area contributed by atoms with E-state index in [1.807, 2.05) is 19.1 Å². The molecule has 2 rings (SSSR count). The van der Waals surface area contributed by atoms with Gasteiger partial charge in [0, 0.05) is 14.2 Å². The molecule has 1 fully saturated rings. The molecule has 1 N–H and O–H groups in total. The Hall–Kier alpha value is -1.99. The number of aromatic hydroxyl groups is 1. The van der Waals surface area contributed by atoms with Gasteiger partial charge in [-0.15, -0.1) is 0 Å². The van der Waals surface area contributed by atoms with E-state index in [2.05, 4.69) is 0 Å². The summed E-state index contributed by atoms with van der Waals surface area (Å²) in [5, 5.41) is 9.82. The van der Waals surface area contributed by atoms with Gasteiger partial charge >= 0.3 is 0 Å². The lowest BCUT2D eigenvalue weighted by Crippen LogP contribution is -2.64. The number of hydrogen-bond acceptors (Lipinski definition) is 6. The van der Waals surface area contributed by atoms with Gasteiger partial charge in [-0.3, -0.25) is 4.79 Å². The molecule has 26 heavy (non-hydrogen) atoms. The second-order valence-corrected chi connectivity index (χ2v) is 6.25. The largest absolute Gasteiger partial charge is 0.507 e. The van der Waals surface area contributed by atoms with Gasteiger partial charge in [0.1, 0.15) is 18.0 Å². The number of benzene rings is 1. The second kappa shape index (κ2) is 8.14. The van der Waals surface area contributed by atoms with Gasteiger partial charge < -0.3 is 24.1 Å². The molecule has 6 heteroatoms. The van der Waals surface area contributed by atoms with Crippen LogP contribution in [0, 0.1) is 0 Å². The summed E-state index contributed by atoms with van der Waals surface area (Å²) in [6, 6.07) is 4.88. The third-order valence-electron chi connectivity index (χ3n) is 4.73. The summed E-state index contributed by atoms with van der Waals surface area (Å²) < 4.78 is 23.3. The lowest BCUT2D eigenvalue weighted by atomic mass is 10.0. The van der Waals surface area contributed by atoms with Crippen molar-refractivity contribution < 1.29 is 28.8 Å². The summed E-state index contributed by atoms with van der Waals surface area (Å²) in [5.74, 6) is -2.31. The molecule has 0 aromatic heterocycles. The Balaban J connectivity index is 2.37. The normalized spacial score (nSPS) is 32.3. The number of rotatable bonds is 6. The Morgan fingerprint density at radius 3 is 2.15 bits per heavy atom. The highest BCUT2D eigenvalue weighted by molar-refractivity contribution is 5.85. The maximum atomic E-state index is 11.2. The predicted octanol–water partition coefficient (Wildman–Crippen LogP) is 3.30. The lowest BCUT2D eigenvalue weighted by Gasteiger charge is -2.51. The first-order chi connectivity index (χ1) is 12.3. The van der Waals surface area contributed by atoms with Gasteiger partial charge in [-0.05, 0) is 32.4 Å². The van der Waals surface area contributed by atoms with Gasteiger partial charge in [-0.2, -0.15) is 0 Å². The fourth-order valence-electron chi connectivity index (χ4n) is 2.86. The van der Waals surface area contributed by atoms with Gasteiger partial charge in [0.2, 0.25) is 11.6 Å². The average molecular weight is 362 g/mol. The van der Waals surface area contributed by atoms with Gasteiger partial charge in [0.05, 0.1) is 5.56 Å². The first-order valence-electron chi connectivity index (χ1n) is 8.38. The molecule has 0 amide bonds. The van der Waals surface area contributed by atoms with E-state index in [0.29, 0.717) is 11.8 Å². The highest BCUT2D eigenvalue weighted by Crippen LogP contribution is 2.40. The molecule has 1 aromatic carbocycles. The maximum Gasteiger partial charge on any atom is 0.220 e. The number of allylic oxidation sites excluding steroid dienone is 1. The molecule has 1 aliphatic heterocycles. The third-order valence-corrected chi connectivity index (χ3v) is 4.73. The van der Waals surface area contributed by atoms with E-state index in [-0.39, 0.29) is 11.3 Å². The molecule has 0 bridgehead atoms. The van der Waals surface area contributed by atoms with E-state index >= 15 is 0 Å². The summed E-state index contributed by atoms with van der Waals surface area (Å²) in [5.41, 5.74) is 0.807. The molecule has 0 unspecified atom stereocenters. The smallest absolute Gasteiger partial charge is 0.220 e. The lowest BCUT2D eigenvalue weighted by molar-refractivity contribution is -0.436. The van der Waals surface area contributed by atoms with E-state index in [4.69, 9.17) is 18.9 Å². The Kier molecular flexibility index (Phi) is 6.36. The van der Waals surface area contributed by atoms with E-state index in [1.54, 1.807) is 38.1 Å². The van der Waals surface area contributed by atoms with E-state index in [9.17, 15) is 9.90 Å². The zero-order chi connectivity index (χ0) is 19.4. The van der Waals surface area contributed by atoms with Crippen LogP contribution in [0.1, 0.15) is 36.7 Å². The van der Waals surface area contributed by atoms with Crippen LogP contribution in [-0.4, -0.2) is 49.4 Å². The zero-order valence-electron chi connectivity index (χ0n) is 15.8. The number of phenolic OH excluding ortho intramolecular Hbond substituents is 1. The molecular weight excluding hydrogens is 336 g/mol. The number of aldehydes is 1. The average Bonchev–Trinajstić information content (AvgIpc) is 2.63. The van der Waals surface area contributed by atoms with Crippen LogP contribution in [0.5, 0.6) is 5.75 Å². The summed E-state index contributed by atoms with van der Waals surface area (Å²) in [6.07, 6.45) is 6.95. The molecule has 0 spiro atoms. The highest BCUT2D eigenvalue weighted by atomic mass is 16.8. The van der Waals surface area contributed by atoms with E-state index in [1.165, 1.54) is 20.3 Å². The van der Waals surface area contributed by atoms with Gasteiger partial charge in [-0.25, -0.2) is 0 Å². The van der Waals surface area contributed by atoms with Crippen LogP contribution in [0.15, 0.2) is 36.4 Å². The molecule has 1 heterocycles. The molecular formula is C20H26O6. The highest BCUT2D eigenvalue weighted by Gasteiger charge is 2.55. The van der Waals surface area contributed by atoms with Crippen molar-refractivity contribution in [2.24, 2.45) is 0 Å². The summed E-state index contributed by atoms with van der Waals surface area (Å²) in [6.45, 7) is 5.39. The summed E-state index contributed by atoms with van der Waals surface area (Å²) in [4.78, 5) is 11.2. The van der Waals surface area contributed by atoms with Crippen molar-refractivity contribution >= 4 is 12.4 Å². The van der Waals surface area contributed by atoms with Crippen molar-refractivity contribution in [1.29, 1.82) is 0 Å². The topological polar surface area (TPSA) is 74.2 Å². The molecule has 0 radical (unpaired) electrons. The van der Waals surface area contributed by atoms with Crippen LogP contribution in [0.4, 0.5) is 0 Å². The molecule has 0 saturated carbocycles. The first-order valence-corrected chi connectivity index (χ1v) is 8.38. The fourth-order valence-corrected chi connectivity index (χ4v) is 2.86. The quantitative estimate of drug-likeness (QED) is 0.618. The van der Waals surface area contributed by atoms with Gasteiger partial charge in [0.15, 0.2) is 6.29 Å². The van der Waals surface area contributed by atoms with Crippen LogP contribution in [0.3, 0.4) is 0 Å². The van der Waals surface area contributed by atoms with Crippen LogP contribution < -0.4 is 0 Å². The van der Waals surface area contributed by atoms with Crippen molar-refractivity contribution in [2.75, 3.05) is 14.2 Å². The molecule has 1 aliphatic rings. The van der Waals surface area contributed by atoms with Crippen LogP contribution in [0.25, 0.3) is 6.08 Å². The fraction of sp³-hybridized carbons (Fsp3) is 0.450. The Bertz CT molecular complexity index is 698. The van der Waals surface area contributed by atoms with Crippen LogP contribution in [-0.2, 0) is 18.9 Å². The predicted molar refractivity (Wildman–Crippen MR) is 97.9 cm³/mol. The minimum atomic E-state index is -1.14. The maximum absolute atomic E-state index is 11.2. The standard InChI is InChI=1S/C20H26O6/c1-6-8-17-18(26-20(3,24-5)19(2,23-4)25-17)12-11-14-9-7-10-16(22)15(14)13-21/h6-13,17-18,22H,1-5H3/b8-6+,12-11+/t17-,18-,19+,20+/m0/s1. The van der Waals surface area contributed by atoms with Crippen molar-refractivity contribution in [3.05, 3.63) is 47.6 Å². The molecule has 142 valence electrons. The number of ether oxygens (including phenoxy) is 4. The Labute approximate surface area is 154 Å². The molecule has 1 aromatic rings. The van der Waals surface area contributed by atoms with Crippen molar-refractivity contribution in [3.63, 3.8) is 0 Å². The Morgan fingerprint density at radius 2 is 1.65 bits per heavy atom. The number of carbonyl (C=O) groups excluding carboxylic acids is 1. The molecule has 4 atom stereocenters. The van der Waals surface area contributed by atoms with Crippen LogP contribution >= 0.6 is 0 Å². The third kappa shape index (κ3) is 3.73. The number of hydrogen-bond donors (Lipinski definition) is 1. The monoisotopic (exact) mass is 362 g/mol. The minimum absolute atomic E-state index is 0.0679. The van der Waals surface area contributed by atoms with E-state index < -0.39 is 23.8 Å². The van der Waals surface area contributed by atoms with Gasteiger partial charge in [0.25, 0.3) is 0 Å². The minimum Gasteiger partial charge on any atom is -0.507 e. The van der Waals surface area contributed by atoms with Crippen molar-refractivity contribution in [2.45, 2.75) is 44.6 Å². The van der Waals surface area contributed by atoms with Crippen molar-refractivity contribution in [3.8, 4) is 5.75 Å².